The highest BCUT2D eigenvalue weighted by molar-refractivity contribution is 5.97. The Bertz CT molecular complexity index is 1090. The van der Waals surface area contributed by atoms with Gasteiger partial charge in [-0.25, -0.2) is 9.78 Å². The Morgan fingerprint density at radius 2 is 1.81 bits per heavy atom. The van der Waals surface area contributed by atoms with Gasteiger partial charge < -0.3 is 19.4 Å². The Morgan fingerprint density at radius 3 is 2.52 bits per heavy atom. The second kappa shape index (κ2) is 9.71. The Morgan fingerprint density at radius 1 is 1.10 bits per heavy atom. The predicted octanol–water partition coefficient (Wildman–Crippen LogP) is 2.68. The normalized spacial score (nSPS) is 10.4. The van der Waals surface area contributed by atoms with E-state index in [0.29, 0.717) is 11.3 Å². The number of nitrogens with one attached hydrogen (secondary N) is 1. The van der Waals surface area contributed by atoms with Gasteiger partial charge in [-0.15, -0.1) is 0 Å². The summed E-state index contributed by atoms with van der Waals surface area (Å²) in [5.74, 6) is -0.657. The van der Waals surface area contributed by atoms with E-state index < -0.39 is 18.5 Å². The maximum atomic E-state index is 12.6. The highest BCUT2D eigenvalue weighted by atomic mass is 16.5. The summed E-state index contributed by atoms with van der Waals surface area (Å²) >= 11 is 0. The van der Waals surface area contributed by atoms with Crippen LogP contribution in [0, 0.1) is 6.92 Å². The van der Waals surface area contributed by atoms with Crippen LogP contribution in [0.25, 0.3) is 22.8 Å². The smallest absolute Gasteiger partial charge is 0.339 e. The molecular weight excluding hydrogens is 398 g/mol. The Labute approximate surface area is 179 Å². The number of hydrogen-bond acceptors (Lipinski definition) is 6. The first kappa shape index (κ1) is 21.8. The van der Waals surface area contributed by atoms with Crippen molar-refractivity contribution in [3.8, 4) is 22.8 Å². The van der Waals surface area contributed by atoms with E-state index in [1.807, 2.05) is 31.2 Å². The third-order valence-corrected chi connectivity index (χ3v) is 4.63. The highest BCUT2D eigenvalue weighted by Crippen LogP contribution is 2.28. The van der Waals surface area contributed by atoms with Gasteiger partial charge in [-0.2, -0.15) is 0 Å². The van der Waals surface area contributed by atoms with Crippen LogP contribution in [0.3, 0.4) is 0 Å². The van der Waals surface area contributed by atoms with Gasteiger partial charge in [-0.1, -0.05) is 42.0 Å². The fourth-order valence-corrected chi connectivity index (χ4v) is 2.80. The van der Waals surface area contributed by atoms with Crippen molar-refractivity contribution in [2.75, 3.05) is 27.2 Å². The predicted molar refractivity (Wildman–Crippen MR) is 114 cm³/mol. The second-order valence-electron chi connectivity index (χ2n) is 6.94. The van der Waals surface area contributed by atoms with E-state index in [0.717, 1.165) is 11.1 Å². The average Bonchev–Trinajstić information content (AvgIpc) is 3.27. The van der Waals surface area contributed by atoms with Gasteiger partial charge in [0.15, 0.2) is 12.4 Å². The zero-order valence-electron chi connectivity index (χ0n) is 17.5. The van der Waals surface area contributed by atoms with E-state index in [4.69, 9.17) is 9.15 Å². The third-order valence-electron chi connectivity index (χ3n) is 4.63. The van der Waals surface area contributed by atoms with Gasteiger partial charge in [-0.05, 0) is 19.1 Å². The second-order valence-corrected chi connectivity index (χ2v) is 6.94. The maximum Gasteiger partial charge on any atom is 0.339 e. The summed E-state index contributed by atoms with van der Waals surface area (Å²) in [4.78, 5) is 41.6. The molecule has 0 bridgehead atoms. The third kappa shape index (κ3) is 5.36. The summed E-state index contributed by atoms with van der Waals surface area (Å²) in [5, 5.41) is 2.43. The lowest BCUT2D eigenvalue weighted by atomic mass is 10.1. The van der Waals surface area contributed by atoms with Crippen molar-refractivity contribution in [3.63, 3.8) is 0 Å². The first-order valence-electron chi connectivity index (χ1n) is 9.63. The molecule has 2 amide bonds. The average molecular weight is 421 g/mol. The number of carbonyl (C=O) groups excluding carboxylic acids is 3. The number of carbonyl (C=O) groups is 3. The molecule has 160 valence electrons. The van der Waals surface area contributed by atoms with Gasteiger partial charge in [0, 0.05) is 19.7 Å². The Balaban J connectivity index is 1.73. The van der Waals surface area contributed by atoms with Crippen LogP contribution in [-0.4, -0.2) is 54.9 Å². The molecule has 0 atom stereocenters. The molecular formula is C23H23N3O5. The molecule has 3 rings (SSSR count). The van der Waals surface area contributed by atoms with E-state index >= 15 is 0 Å². The van der Waals surface area contributed by atoms with Crippen molar-refractivity contribution >= 4 is 17.8 Å². The van der Waals surface area contributed by atoms with E-state index in [1.165, 1.54) is 19.0 Å². The molecule has 0 unspecified atom stereocenters. The minimum atomic E-state index is -0.688. The van der Waals surface area contributed by atoms with Crippen molar-refractivity contribution < 1.29 is 23.5 Å². The van der Waals surface area contributed by atoms with Crippen LogP contribution in [0.15, 0.2) is 59.1 Å². The molecule has 1 heterocycles. The van der Waals surface area contributed by atoms with Crippen LogP contribution in [-0.2, 0) is 14.3 Å². The minimum Gasteiger partial charge on any atom is -0.452 e. The lowest BCUT2D eigenvalue weighted by Gasteiger charge is -2.16. The zero-order valence-corrected chi connectivity index (χ0v) is 17.5. The molecule has 0 aliphatic carbocycles. The molecule has 0 saturated heterocycles. The number of ether oxygens (including phenoxy) is 1. The Hall–Kier alpha value is -3.94. The van der Waals surface area contributed by atoms with Gasteiger partial charge in [0.2, 0.25) is 11.8 Å². The number of benzene rings is 2. The summed E-state index contributed by atoms with van der Waals surface area (Å²) in [5.41, 5.74) is 2.68. The fourth-order valence-electron chi connectivity index (χ4n) is 2.80. The quantitative estimate of drug-likeness (QED) is 0.589. The minimum absolute atomic E-state index is 0.123. The standard InChI is InChI=1S/C23H23N3O5/c1-15-8-10-16(11-9-15)19-12-25-22(31-19)17-6-4-5-7-18(17)23(29)30-14-21(28)26(3)13-20(27)24-2/h4-12H,13-14H2,1-3H3,(H,24,27). The van der Waals surface area contributed by atoms with Crippen LogP contribution < -0.4 is 5.32 Å². The van der Waals surface area contributed by atoms with Crippen LogP contribution in [0.5, 0.6) is 0 Å². The largest absolute Gasteiger partial charge is 0.452 e. The number of nitrogens with zero attached hydrogens (tertiary/aromatic N) is 2. The van der Waals surface area contributed by atoms with E-state index in [2.05, 4.69) is 10.3 Å². The van der Waals surface area contributed by atoms with Crippen LogP contribution in [0.2, 0.25) is 0 Å². The van der Waals surface area contributed by atoms with E-state index in [1.54, 1.807) is 30.5 Å². The van der Waals surface area contributed by atoms with E-state index in [9.17, 15) is 14.4 Å². The molecule has 0 spiro atoms. The number of aryl methyl sites for hydroxylation is 1. The summed E-state index contributed by atoms with van der Waals surface area (Å²) in [6, 6.07) is 14.5. The van der Waals surface area contributed by atoms with Crippen molar-refractivity contribution in [3.05, 3.63) is 65.9 Å². The first-order valence-corrected chi connectivity index (χ1v) is 9.63. The summed E-state index contributed by atoms with van der Waals surface area (Å²) in [6.45, 7) is 1.39. The van der Waals surface area contributed by atoms with Crippen molar-refractivity contribution in [2.45, 2.75) is 6.92 Å². The van der Waals surface area contributed by atoms with Crippen LogP contribution in [0.1, 0.15) is 15.9 Å². The van der Waals surface area contributed by atoms with E-state index in [-0.39, 0.29) is 23.9 Å². The molecule has 0 aliphatic rings. The Kier molecular flexibility index (Phi) is 6.81. The SMILES string of the molecule is CNC(=O)CN(C)C(=O)COC(=O)c1ccccc1-c1ncc(-c2ccc(C)cc2)o1. The molecule has 1 N–H and O–H groups in total. The summed E-state index contributed by atoms with van der Waals surface area (Å²) < 4.78 is 11.0. The molecule has 0 fully saturated rings. The van der Waals surface area contributed by atoms with Crippen LogP contribution >= 0.6 is 0 Å². The molecule has 1 aromatic heterocycles. The molecule has 0 radical (unpaired) electrons. The summed E-state index contributed by atoms with van der Waals surface area (Å²) in [7, 11) is 2.93. The lowest BCUT2D eigenvalue weighted by Crippen LogP contribution is -2.39. The van der Waals surface area contributed by atoms with Gasteiger partial charge in [-0.3, -0.25) is 9.59 Å². The number of hydrogen-bond donors (Lipinski definition) is 1. The molecule has 3 aromatic rings. The maximum absolute atomic E-state index is 12.6. The molecule has 8 nitrogen and oxygen atoms in total. The van der Waals surface area contributed by atoms with Crippen molar-refractivity contribution in [1.82, 2.24) is 15.2 Å². The first-order chi connectivity index (χ1) is 14.9. The summed E-state index contributed by atoms with van der Waals surface area (Å²) in [6.07, 6.45) is 1.60. The number of aromatic nitrogens is 1. The number of likely N-dealkylation sites (N-methyl/N-ethyl adjacent to an activating group) is 2. The zero-order chi connectivity index (χ0) is 22.4. The van der Waals surface area contributed by atoms with Crippen LogP contribution in [0.4, 0.5) is 0 Å². The molecule has 0 aliphatic heterocycles. The molecule has 8 heteroatoms. The number of amides is 2. The number of esters is 1. The van der Waals surface area contributed by atoms with Crippen molar-refractivity contribution in [1.29, 1.82) is 0 Å². The van der Waals surface area contributed by atoms with Gasteiger partial charge in [0.1, 0.15) is 0 Å². The molecule has 2 aromatic carbocycles. The van der Waals surface area contributed by atoms with Crippen molar-refractivity contribution in [2.24, 2.45) is 0 Å². The molecule has 0 saturated carbocycles. The number of oxazole rings is 1. The lowest BCUT2D eigenvalue weighted by molar-refractivity contribution is -0.137. The number of rotatable bonds is 7. The topological polar surface area (TPSA) is 102 Å². The molecule has 31 heavy (non-hydrogen) atoms. The highest BCUT2D eigenvalue weighted by Gasteiger charge is 2.20. The monoisotopic (exact) mass is 421 g/mol. The van der Waals surface area contributed by atoms with Gasteiger partial charge in [0.05, 0.1) is 23.9 Å². The fraction of sp³-hybridized carbons (Fsp3) is 0.217. The van der Waals surface area contributed by atoms with Gasteiger partial charge >= 0.3 is 5.97 Å². The van der Waals surface area contributed by atoms with Gasteiger partial charge in [0.25, 0.3) is 5.91 Å².